The van der Waals surface area contributed by atoms with Crippen LogP contribution >= 0.6 is 11.6 Å². The molecule has 1 nitrogen and oxygen atoms in total. The zero-order chi connectivity index (χ0) is 23.3. The molecule has 0 aromatic carbocycles. The summed E-state index contributed by atoms with van der Waals surface area (Å²) in [5.41, 5.74) is 0. The second-order valence-electron chi connectivity index (χ2n) is 6.52. The average Bonchev–Trinajstić information content (AvgIpc) is 2.76. The topological polar surface area (TPSA) is 9.23 Å². The summed E-state index contributed by atoms with van der Waals surface area (Å²) < 4.78 is 4.31. The van der Waals surface area contributed by atoms with Crippen LogP contribution in [0.4, 0.5) is 0 Å². The fourth-order valence-electron chi connectivity index (χ4n) is 1.38. The minimum atomic E-state index is 0.292. The highest BCUT2D eigenvalue weighted by Gasteiger charge is 1.85. The van der Waals surface area contributed by atoms with Crippen LogP contribution in [0, 0.1) is 0 Å². The minimum Gasteiger partial charge on any atom is -0.369 e. The highest BCUT2D eigenvalue weighted by molar-refractivity contribution is 6.17. The van der Waals surface area contributed by atoms with E-state index >= 15 is 0 Å². The van der Waals surface area contributed by atoms with Gasteiger partial charge in [0.05, 0.1) is 0 Å². The first-order chi connectivity index (χ1) is 13.6. The fourth-order valence-corrected chi connectivity index (χ4v) is 1.38. The van der Waals surface area contributed by atoms with Crippen molar-refractivity contribution in [2.45, 2.75) is 159 Å². The molecular formula is C26H63ClO. The molecule has 0 atom stereocenters. The molecule has 0 aromatic heterocycles. The van der Waals surface area contributed by atoms with Crippen LogP contribution in [0.25, 0.3) is 0 Å². The molecule has 0 rings (SSSR count). The monoisotopic (exact) mass is 426 g/mol. The molecule has 28 heavy (non-hydrogen) atoms. The van der Waals surface area contributed by atoms with Gasteiger partial charge in [-0.1, -0.05) is 171 Å². The lowest BCUT2D eigenvalue weighted by Gasteiger charge is -1.96. The smallest absolute Gasteiger partial charge is 0.120 e. The Morgan fingerprint density at radius 3 is 0.750 bits per heavy atom. The van der Waals surface area contributed by atoms with Crippen LogP contribution in [0.2, 0.25) is 0 Å². The number of alkyl halides is 1. The Kier molecular flexibility index (Phi) is 108. The fraction of sp³-hybridized carbons (Fsp3) is 1.00. The molecule has 180 valence electrons. The van der Waals surface area contributed by atoms with Gasteiger partial charge in [0.1, 0.15) is 6.07 Å². The molecule has 0 spiro atoms. The van der Waals surface area contributed by atoms with E-state index in [1.54, 1.807) is 7.11 Å². The van der Waals surface area contributed by atoms with Crippen LogP contribution < -0.4 is 0 Å². The molecule has 0 aliphatic carbocycles. The van der Waals surface area contributed by atoms with Gasteiger partial charge in [-0.15, -0.1) is 0 Å². The van der Waals surface area contributed by atoms with Crippen molar-refractivity contribution in [1.29, 1.82) is 0 Å². The first kappa shape index (κ1) is 42.4. The van der Waals surface area contributed by atoms with Crippen LogP contribution in [0.1, 0.15) is 159 Å². The summed E-state index contributed by atoms with van der Waals surface area (Å²) in [4.78, 5) is 0. The zero-order valence-electron chi connectivity index (χ0n) is 22.4. The maximum Gasteiger partial charge on any atom is 0.120 e. The van der Waals surface area contributed by atoms with Gasteiger partial charge in [0.2, 0.25) is 0 Å². The first-order valence-corrected chi connectivity index (χ1v) is 13.2. The lowest BCUT2D eigenvalue weighted by atomic mass is 10.1. The van der Waals surface area contributed by atoms with Crippen LogP contribution in [0.15, 0.2) is 0 Å². The molecule has 0 radical (unpaired) electrons. The third-order valence-corrected chi connectivity index (χ3v) is 3.74. The Morgan fingerprint density at radius 2 is 0.643 bits per heavy atom. The van der Waals surface area contributed by atoms with Crippen LogP contribution in [0.3, 0.4) is 0 Å². The van der Waals surface area contributed by atoms with Gasteiger partial charge >= 0.3 is 0 Å². The van der Waals surface area contributed by atoms with Gasteiger partial charge in [0, 0.05) is 7.11 Å². The number of hydrogen-bond acceptors (Lipinski definition) is 1. The Bertz CT molecular complexity index is 117. The molecule has 0 saturated heterocycles. The van der Waals surface area contributed by atoms with Gasteiger partial charge in [0.25, 0.3) is 0 Å². The third kappa shape index (κ3) is 132. The molecule has 0 saturated carbocycles. The van der Waals surface area contributed by atoms with E-state index in [0.29, 0.717) is 6.07 Å². The normalized spacial score (nSPS) is 8.14. The summed E-state index contributed by atoms with van der Waals surface area (Å²) in [5, 5.41) is 0. The van der Waals surface area contributed by atoms with Crippen LogP contribution in [0.5, 0.6) is 0 Å². The third-order valence-electron chi connectivity index (χ3n) is 3.52. The van der Waals surface area contributed by atoms with Crippen molar-refractivity contribution in [2.75, 3.05) is 13.2 Å². The van der Waals surface area contributed by atoms with Gasteiger partial charge < -0.3 is 4.74 Å². The predicted octanol–water partition coefficient (Wildman–Crippen LogP) is 11.4. The predicted molar refractivity (Wildman–Crippen MR) is 139 cm³/mol. The summed E-state index contributed by atoms with van der Waals surface area (Å²) in [6.45, 7) is 21.7. The number of halogens is 1. The lowest BCUT2D eigenvalue weighted by Crippen LogP contribution is -1.76. The average molecular weight is 427 g/mol. The van der Waals surface area contributed by atoms with E-state index in [2.05, 4.69) is 60.1 Å². The van der Waals surface area contributed by atoms with E-state index in [0.717, 1.165) is 0 Å². The minimum absolute atomic E-state index is 0.292. The molecule has 2 heteroatoms. The molecule has 0 amide bonds. The van der Waals surface area contributed by atoms with Crippen molar-refractivity contribution < 1.29 is 4.74 Å². The van der Waals surface area contributed by atoms with E-state index in [4.69, 9.17) is 11.6 Å². The van der Waals surface area contributed by atoms with E-state index < -0.39 is 0 Å². The molecule has 0 fully saturated rings. The Morgan fingerprint density at radius 1 is 0.429 bits per heavy atom. The summed E-state index contributed by atoms with van der Waals surface area (Å²) in [6, 6.07) is 0.292. The van der Waals surface area contributed by atoms with Gasteiger partial charge in [0.15, 0.2) is 0 Å². The second kappa shape index (κ2) is 71.1. The van der Waals surface area contributed by atoms with Gasteiger partial charge in [-0.2, -0.15) is 0 Å². The molecule has 0 N–H and O–H groups in total. The Balaban J connectivity index is -0.0000000555. The molecule has 0 aliphatic rings. The van der Waals surface area contributed by atoms with E-state index in [1.165, 1.54) is 89.9 Å². The van der Waals surface area contributed by atoms with Crippen molar-refractivity contribution in [3.05, 3.63) is 0 Å². The molecule has 0 aliphatic heterocycles. The number of ether oxygens (including phenoxy) is 1. The Hall–Kier alpha value is 0.250. The molecule has 0 unspecified atom stereocenters. The van der Waals surface area contributed by atoms with Gasteiger partial charge in [-0.3, -0.25) is 0 Å². The van der Waals surface area contributed by atoms with Crippen LogP contribution in [-0.4, -0.2) is 13.2 Å². The van der Waals surface area contributed by atoms with Crippen molar-refractivity contribution in [3.8, 4) is 0 Å². The Labute approximate surface area is 188 Å². The summed E-state index contributed by atoms with van der Waals surface area (Å²) >= 11 is 4.96. The number of unbranched alkanes of at least 4 members (excludes halogenated alkanes) is 10. The second-order valence-corrected chi connectivity index (χ2v) is 6.74. The van der Waals surface area contributed by atoms with Gasteiger partial charge in [-0.05, 0) is 0 Å². The number of hydrogen-bond donors (Lipinski definition) is 0. The highest BCUT2D eigenvalue weighted by atomic mass is 35.5. The number of methoxy groups -OCH3 is 1. The zero-order valence-corrected chi connectivity index (χ0v) is 23.1. The molecular weight excluding hydrogens is 364 g/mol. The summed E-state index contributed by atoms with van der Waals surface area (Å²) in [5.74, 6) is 0. The first-order valence-electron chi connectivity index (χ1n) is 12.6. The van der Waals surface area contributed by atoms with E-state index in [-0.39, 0.29) is 0 Å². The molecule has 0 aromatic rings. The highest BCUT2D eigenvalue weighted by Crippen LogP contribution is 2.05. The van der Waals surface area contributed by atoms with Gasteiger partial charge in [-0.25, -0.2) is 0 Å². The standard InChI is InChI=1S/C9H20.C5H12.2C4H10.C2H5ClO.C2H6/c1-3-5-7-9-8-6-4-2;1-3-5-4-2;2*1-3-4-2;1-4-2-3;1-2/h3-9H2,1-2H3;3-5H2,1-2H3;2*3-4H2,1-2H3;2H2,1H3;1-2H3. The summed E-state index contributed by atoms with van der Waals surface area (Å²) in [7, 11) is 1.55. The van der Waals surface area contributed by atoms with Crippen molar-refractivity contribution >= 4 is 11.6 Å². The van der Waals surface area contributed by atoms with Crippen molar-refractivity contribution in [3.63, 3.8) is 0 Å². The largest absolute Gasteiger partial charge is 0.369 e. The SMILES string of the molecule is CC.CCCC.CCCC.CCCCC.CCCCCCCCC.COCCl. The maximum atomic E-state index is 4.96. The molecule has 0 heterocycles. The van der Waals surface area contributed by atoms with E-state index in [9.17, 15) is 0 Å². The lowest BCUT2D eigenvalue weighted by molar-refractivity contribution is 0.254. The quantitative estimate of drug-likeness (QED) is 0.235. The summed E-state index contributed by atoms with van der Waals surface area (Å²) in [6.07, 6.45) is 19.3. The molecule has 0 bridgehead atoms. The van der Waals surface area contributed by atoms with E-state index in [1.807, 2.05) is 13.8 Å². The maximum absolute atomic E-state index is 4.96. The van der Waals surface area contributed by atoms with Crippen molar-refractivity contribution in [2.24, 2.45) is 0 Å². The number of rotatable bonds is 11. The van der Waals surface area contributed by atoms with Crippen LogP contribution in [-0.2, 0) is 4.74 Å². The van der Waals surface area contributed by atoms with Crippen molar-refractivity contribution in [1.82, 2.24) is 0 Å².